The number of nitrogens with one attached hydrogen (secondary N) is 1. The van der Waals surface area contributed by atoms with Gasteiger partial charge in [-0.15, -0.1) is 11.3 Å². The number of benzene rings is 2. The SMILES string of the molecule is CCc1nc([C@H](Cc2ccc([N+](=O)[O-])cc2)NN(C(=O)O)[C@H](C=O)Cc2ccccc2)cs1. The number of rotatable bonds is 11. The number of carbonyl (C=O) groups is 2. The Balaban J connectivity index is 1.87. The zero-order valence-electron chi connectivity index (χ0n) is 18.0. The van der Waals surface area contributed by atoms with Crippen LogP contribution in [0.5, 0.6) is 0 Å². The average molecular weight is 469 g/mol. The molecule has 0 aliphatic heterocycles. The standard InChI is InChI=1S/C23H24N4O5S/c1-2-22-24-21(15-33-22)20(13-17-8-10-18(11-9-17)27(31)32)25-26(23(29)30)19(14-28)12-16-6-4-3-5-7-16/h3-11,14-15,19-20,25H,2,12-13H2,1H3,(H,29,30)/t19-,20-/m0/s1. The highest BCUT2D eigenvalue weighted by molar-refractivity contribution is 7.09. The molecule has 0 saturated carbocycles. The Morgan fingerprint density at radius 1 is 1.18 bits per heavy atom. The van der Waals surface area contributed by atoms with Crippen LogP contribution in [-0.4, -0.2) is 38.4 Å². The van der Waals surface area contributed by atoms with Crippen LogP contribution in [0.2, 0.25) is 0 Å². The third kappa shape index (κ3) is 6.43. The number of hydrogen-bond donors (Lipinski definition) is 2. The van der Waals surface area contributed by atoms with E-state index in [4.69, 9.17) is 0 Å². The van der Waals surface area contributed by atoms with Gasteiger partial charge in [0.15, 0.2) is 0 Å². The number of carbonyl (C=O) groups excluding carboxylic acids is 1. The van der Waals surface area contributed by atoms with Crippen LogP contribution in [0.4, 0.5) is 10.5 Å². The Hall–Kier alpha value is -3.63. The topological polar surface area (TPSA) is 126 Å². The Morgan fingerprint density at radius 2 is 1.85 bits per heavy atom. The highest BCUT2D eigenvalue weighted by Gasteiger charge is 2.28. The molecule has 0 spiro atoms. The molecular weight excluding hydrogens is 444 g/mol. The summed E-state index contributed by atoms with van der Waals surface area (Å²) in [5.41, 5.74) is 5.19. The molecule has 3 aromatic rings. The van der Waals surface area contributed by atoms with Crippen LogP contribution in [0.3, 0.4) is 0 Å². The number of nitrogens with zero attached hydrogens (tertiary/aromatic N) is 3. The molecule has 0 bridgehead atoms. The molecule has 3 rings (SSSR count). The molecule has 1 heterocycles. The van der Waals surface area contributed by atoms with Gasteiger partial charge in [-0.2, -0.15) is 0 Å². The van der Waals surface area contributed by atoms with Gasteiger partial charge in [0, 0.05) is 23.9 Å². The number of thiazole rings is 1. The molecule has 2 aromatic carbocycles. The summed E-state index contributed by atoms with van der Waals surface area (Å²) in [6, 6.07) is 13.7. The molecule has 0 radical (unpaired) electrons. The van der Waals surface area contributed by atoms with E-state index in [0.717, 1.165) is 27.6 Å². The third-order valence-electron chi connectivity index (χ3n) is 5.09. The number of amides is 1. The monoisotopic (exact) mass is 468 g/mol. The van der Waals surface area contributed by atoms with Gasteiger partial charge in [0.25, 0.3) is 5.69 Å². The molecule has 1 amide bonds. The van der Waals surface area contributed by atoms with E-state index in [-0.39, 0.29) is 12.1 Å². The maximum Gasteiger partial charge on any atom is 0.422 e. The quantitative estimate of drug-likeness (QED) is 0.245. The highest BCUT2D eigenvalue weighted by atomic mass is 32.1. The molecule has 0 unspecified atom stereocenters. The fourth-order valence-electron chi connectivity index (χ4n) is 3.37. The van der Waals surface area contributed by atoms with E-state index >= 15 is 0 Å². The molecule has 0 saturated heterocycles. The van der Waals surface area contributed by atoms with E-state index in [1.165, 1.54) is 23.5 Å². The third-order valence-corrected chi connectivity index (χ3v) is 6.10. The predicted octanol–water partition coefficient (Wildman–Crippen LogP) is 4.19. The summed E-state index contributed by atoms with van der Waals surface area (Å²) in [6.45, 7) is 1.98. The zero-order valence-corrected chi connectivity index (χ0v) is 18.8. The first-order chi connectivity index (χ1) is 15.9. The minimum Gasteiger partial charge on any atom is -0.464 e. The van der Waals surface area contributed by atoms with Crippen molar-refractivity contribution in [3.63, 3.8) is 0 Å². The van der Waals surface area contributed by atoms with Crippen LogP contribution in [0.25, 0.3) is 0 Å². The van der Waals surface area contributed by atoms with Crippen LogP contribution < -0.4 is 5.43 Å². The van der Waals surface area contributed by atoms with Gasteiger partial charge >= 0.3 is 6.09 Å². The van der Waals surface area contributed by atoms with Gasteiger partial charge in [0.2, 0.25) is 0 Å². The Kier molecular flexibility index (Phi) is 8.22. The van der Waals surface area contributed by atoms with Gasteiger partial charge in [0.05, 0.1) is 21.7 Å². The molecule has 0 aliphatic rings. The minimum atomic E-state index is -1.29. The van der Waals surface area contributed by atoms with Crippen molar-refractivity contribution in [2.45, 2.75) is 38.3 Å². The number of carboxylic acid groups (broad SMARTS) is 1. The number of aldehydes is 1. The number of aryl methyl sites for hydroxylation is 1. The molecule has 2 N–H and O–H groups in total. The van der Waals surface area contributed by atoms with Gasteiger partial charge in [-0.1, -0.05) is 49.4 Å². The molecule has 2 atom stereocenters. The van der Waals surface area contributed by atoms with Gasteiger partial charge < -0.3 is 9.90 Å². The molecule has 0 fully saturated rings. The highest BCUT2D eigenvalue weighted by Crippen LogP contribution is 2.24. The normalized spacial score (nSPS) is 12.6. The molecule has 0 aliphatic carbocycles. The van der Waals surface area contributed by atoms with Crippen molar-refractivity contribution in [3.05, 3.63) is 91.9 Å². The van der Waals surface area contributed by atoms with Crippen LogP contribution in [0, 0.1) is 10.1 Å². The van der Waals surface area contributed by atoms with Crippen LogP contribution in [0.15, 0.2) is 60.0 Å². The van der Waals surface area contributed by atoms with Crippen molar-refractivity contribution in [3.8, 4) is 0 Å². The Bertz CT molecular complexity index is 1090. The average Bonchev–Trinajstić information content (AvgIpc) is 3.30. The summed E-state index contributed by atoms with van der Waals surface area (Å²) in [5, 5.41) is 24.5. The first-order valence-corrected chi connectivity index (χ1v) is 11.2. The van der Waals surface area contributed by atoms with Crippen LogP contribution in [-0.2, 0) is 24.1 Å². The maximum atomic E-state index is 12.1. The summed E-state index contributed by atoms with van der Waals surface area (Å²) in [6.07, 6.45) is 0.595. The summed E-state index contributed by atoms with van der Waals surface area (Å²) in [4.78, 5) is 39.0. The number of nitro benzene ring substituents is 1. The number of aromatic nitrogens is 1. The first kappa shape index (κ1) is 24.0. The first-order valence-electron chi connectivity index (χ1n) is 10.4. The smallest absolute Gasteiger partial charge is 0.422 e. The fourth-order valence-corrected chi connectivity index (χ4v) is 4.17. The van der Waals surface area contributed by atoms with Crippen molar-refractivity contribution >= 4 is 29.4 Å². The number of hydrazine groups is 1. The predicted molar refractivity (Wildman–Crippen MR) is 124 cm³/mol. The van der Waals surface area contributed by atoms with Crippen molar-refractivity contribution in [1.82, 2.24) is 15.4 Å². The largest absolute Gasteiger partial charge is 0.464 e. The fraction of sp³-hybridized carbons (Fsp3) is 0.261. The Labute approximate surface area is 194 Å². The summed E-state index contributed by atoms with van der Waals surface area (Å²) in [7, 11) is 0. The zero-order chi connectivity index (χ0) is 23.8. The minimum absolute atomic E-state index is 0.0266. The lowest BCUT2D eigenvalue weighted by Gasteiger charge is -2.30. The summed E-state index contributed by atoms with van der Waals surface area (Å²) in [5.74, 6) is 0. The van der Waals surface area contributed by atoms with E-state index in [1.54, 1.807) is 12.1 Å². The van der Waals surface area contributed by atoms with Crippen LogP contribution in [0.1, 0.15) is 34.8 Å². The van der Waals surface area contributed by atoms with Crippen molar-refractivity contribution in [1.29, 1.82) is 0 Å². The van der Waals surface area contributed by atoms with Gasteiger partial charge in [-0.05, 0) is 24.0 Å². The maximum absolute atomic E-state index is 12.1. The van der Waals surface area contributed by atoms with Gasteiger partial charge in [0.1, 0.15) is 12.3 Å². The van der Waals surface area contributed by atoms with Gasteiger partial charge in [-0.25, -0.2) is 20.2 Å². The summed E-state index contributed by atoms with van der Waals surface area (Å²) < 4.78 is 0. The molecule has 1 aromatic heterocycles. The van der Waals surface area contributed by atoms with E-state index in [0.29, 0.717) is 18.4 Å². The van der Waals surface area contributed by atoms with E-state index in [2.05, 4.69) is 10.4 Å². The number of nitro groups is 1. The molecule has 10 heteroatoms. The lowest BCUT2D eigenvalue weighted by molar-refractivity contribution is -0.384. The molecule has 172 valence electrons. The van der Waals surface area contributed by atoms with E-state index in [9.17, 15) is 24.8 Å². The second-order valence-electron chi connectivity index (χ2n) is 7.37. The lowest BCUT2D eigenvalue weighted by atomic mass is 10.0. The number of hydrogen-bond acceptors (Lipinski definition) is 7. The Morgan fingerprint density at radius 3 is 2.39 bits per heavy atom. The lowest BCUT2D eigenvalue weighted by Crippen LogP contribution is -2.52. The second-order valence-corrected chi connectivity index (χ2v) is 8.32. The van der Waals surface area contributed by atoms with Crippen molar-refractivity contribution in [2.75, 3.05) is 0 Å². The van der Waals surface area contributed by atoms with Gasteiger partial charge in [-0.3, -0.25) is 10.1 Å². The second kappa shape index (κ2) is 11.3. The van der Waals surface area contributed by atoms with E-state index < -0.39 is 23.1 Å². The summed E-state index contributed by atoms with van der Waals surface area (Å²) >= 11 is 1.47. The number of non-ortho nitro benzene ring substituents is 1. The molecule has 33 heavy (non-hydrogen) atoms. The van der Waals surface area contributed by atoms with Crippen molar-refractivity contribution < 1.29 is 19.6 Å². The van der Waals surface area contributed by atoms with E-state index in [1.807, 2.05) is 42.6 Å². The van der Waals surface area contributed by atoms with Crippen LogP contribution >= 0.6 is 11.3 Å². The molecule has 9 nitrogen and oxygen atoms in total. The van der Waals surface area contributed by atoms with Crippen molar-refractivity contribution in [2.24, 2.45) is 0 Å². The molecular formula is C23H24N4O5S.